The monoisotopic (exact) mass is 401 g/mol. The van der Waals surface area contributed by atoms with E-state index in [0.29, 0.717) is 13.2 Å². The number of ether oxygens (including phenoxy) is 2. The van der Waals surface area contributed by atoms with Crippen molar-refractivity contribution in [1.82, 2.24) is 25.2 Å². The average molecular weight is 402 g/mol. The molecule has 1 atom stereocenters. The Morgan fingerprint density at radius 1 is 1.19 bits per heavy atom. The zero-order valence-corrected chi connectivity index (χ0v) is 16.4. The lowest BCUT2D eigenvalue weighted by atomic mass is 10.1. The number of aromatic nitrogens is 3. The van der Waals surface area contributed by atoms with E-state index in [4.69, 9.17) is 9.47 Å². The standard InChI is InChI=1S/C17H23N5O2.2ClH/c1-23-14-4-2-13(3-5-14)17-11-22-16(12-24-17)15(19-20-22)10-21-8-6-18-7-9-21;;/h2-5,17-18H,6-12H2,1H3;2*1H. The molecule has 1 N–H and O–H groups in total. The van der Waals surface area contributed by atoms with Crippen molar-refractivity contribution >= 4 is 24.8 Å². The maximum atomic E-state index is 6.08. The van der Waals surface area contributed by atoms with Gasteiger partial charge in [-0.1, -0.05) is 17.3 Å². The fourth-order valence-electron chi connectivity index (χ4n) is 3.29. The van der Waals surface area contributed by atoms with Gasteiger partial charge in [0.05, 0.1) is 26.0 Å². The maximum Gasteiger partial charge on any atom is 0.118 e. The quantitative estimate of drug-likeness (QED) is 0.842. The van der Waals surface area contributed by atoms with Crippen molar-refractivity contribution < 1.29 is 9.47 Å². The van der Waals surface area contributed by atoms with Gasteiger partial charge in [0, 0.05) is 32.7 Å². The number of hydrogen-bond acceptors (Lipinski definition) is 6. The molecule has 26 heavy (non-hydrogen) atoms. The molecule has 2 aliphatic rings. The maximum absolute atomic E-state index is 6.08. The average Bonchev–Trinajstić information content (AvgIpc) is 3.05. The SMILES string of the molecule is COc1ccc(C2Cn3nnc(CN4CCNCC4)c3CO2)cc1.Cl.Cl. The minimum absolute atomic E-state index is 0. The third-order valence-corrected chi connectivity index (χ3v) is 4.75. The van der Waals surface area contributed by atoms with Crippen LogP contribution in [0.15, 0.2) is 24.3 Å². The summed E-state index contributed by atoms with van der Waals surface area (Å²) in [5.74, 6) is 0.856. The van der Waals surface area contributed by atoms with E-state index in [0.717, 1.165) is 55.4 Å². The van der Waals surface area contributed by atoms with Gasteiger partial charge in [-0.3, -0.25) is 4.90 Å². The topological polar surface area (TPSA) is 64.4 Å². The van der Waals surface area contributed by atoms with E-state index in [2.05, 4.69) is 20.5 Å². The number of nitrogens with one attached hydrogen (secondary N) is 1. The first kappa shape index (κ1) is 20.9. The molecule has 1 aromatic heterocycles. The van der Waals surface area contributed by atoms with Crippen LogP contribution in [0, 0.1) is 0 Å². The highest BCUT2D eigenvalue weighted by molar-refractivity contribution is 5.85. The number of nitrogens with zero attached hydrogens (tertiary/aromatic N) is 4. The second kappa shape index (κ2) is 9.53. The summed E-state index contributed by atoms with van der Waals surface area (Å²) in [6.07, 6.45) is 0.0112. The second-order valence-corrected chi connectivity index (χ2v) is 6.26. The van der Waals surface area contributed by atoms with E-state index in [1.165, 1.54) is 0 Å². The summed E-state index contributed by atoms with van der Waals surface area (Å²) < 4.78 is 13.3. The Bertz CT molecular complexity index is 689. The molecule has 1 aromatic carbocycles. The van der Waals surface area contributed by atoms with Gasteiger partial charge in [0.15, 0.2) is 0 Å². The van der Waals surface area contributed by atoms with Gasteiger partial charge in [-0.25, -0.2) is 4.68 Å². The van der Waals surface area contributed by atoms with Crippen LogP contribution in [0.5, 0.6) is 5.75 Å². The van der Waals surface area contributed by atoms with Gasteiger partial charge in [-0.2, -0.15) is 0 Å². The van der Waals surface area contributed by atoms with E-state index in [1.54, 1.807) is 7.11 Å². The molecule has 0 bridgehead atoms. The number of halogens is 2. The van der Waals surface area contributed by atoms with Gasteiger partial charge in [-0.15, -0.1) is 29.9 Å². The highest BCUT2D eigenvalue weighted by Gasteiger charge is 2.26. The van der Waals surface area contributed by atoms with Gasteiger partial charge in [0.1, 0.15) is 17.5 Å². The lowest BCUT2D eigenvalue weighted by Crippen LogP contribution is -2.43. The zero-order valence-electron chi connectivity index (χ0n) is 14.8. The van der Waals surface area contributed by atoms with Crippen molar-refractivity contribution in [3.05, 3.63) is 41.2 Å². The summed E-state index contributed by atoms with van der Waals surface area (Å²) in [7, 11) is 1.67. The molecule has 0 spiro atoms. The molecule has 4 rings (SSSR count). The van der Waals surface area contributed by atoms with E-state index in [1.807, 2.05) is 28.9 Å². The van der Waals surface area contributed by atoms with E-state index in [9.17, 15) is 0 Å². The fourth-order valence-corrected chi connectivity index (χ4v) is 3.29. The van der Waals surface area contributed by atoms with Crippen molar-refractivity contribution in [2.75, 3.05) is 33.3 Å². The number of rotatable bonds is 4. The van der Waals surface area contributed by atoms with Gasteiger partial charge in [0.25, 0.3) is 0 Å². The van der Waals surface area contributed by atoms with E-state index in [-0.39, 0.29) is 30.9 Å². The van der Waals surface area contributed by atoms with Crippen molar-refractivity contribution in [2.45, 2.75) is 25.8 Å². The highest BCUT2D eigenvalue weighted by Crippen LogP contribution is 2.28. The van der Waals surface area contributed by atoms with Crippen LogP contribution >= 0.6 is 24.8 Å². The summed E-state index contributed by atoms with van der Waals surface area (Å²) in [6.45, 7) is 6.32. The number of methoxy groups -OCH3 is 1. The minimum Gasteiger partial charge on any atom is -0.497 e. The molecular formula is C17H25Cl2N5O2. The van der Waals surface area contributed by atoms with Crippen LogP contribution in [0.1, 0.15) is 23.1 Å². The number of fused-ring (bicyclic) bond motifs is 1. The van der Waals surface area contributed by atoms with Crippen molar-refractivity contribution in [3.63, 3.8) is 0 Å². The van der Waals surface area contributed by atoms with E-state index >= 15 is 0 Å². The Labute approximate surface area is 165 Å². The molecule has 3 heterocycles. The molecule has 9 heteroatoms. The van der Waals surface area contributed by atoms with Crippen LogP contribution in [0.25, 0.3) is 0 Å². The van der Waals surface area contributed by atoms with Crippen molar-refractivity contribution in [1.29, 1.82) is 0 Å². The van der Waals surface area contributed by atoms with Gasteiger partial charge >= 0.3 is 0 Å². The summed E-state index contributed by atoms with van der Waals surface area (Å²) in [5.41, 5.74) is 3.30. The summed E-state index contributed by atoms with van der Waals surface area (Å²) in [4.78, 5) is 2.41. The summed E-state index contributed by atoms with van der Waals surface area (Å²) >= 11 is 0. The first-order valence-electron chi connectivity index (χ1n) is 8.43. The Hall–Kier alpha value is -1.38. The zero-order chi connectivity index (χ0) is 16.4. The molecule has 144 valence electrons. The Morgan fingerprint density at radius 3 is 2.62 bits per heavy atom. The number of hydrogen-bond donors (Lipinski definition) is 1. The molecule has 7 nitrogen and oxygen atoms in total. The van der Waals surface area contributed by atoms with E-state index < -0.39 is 0 Å². The predicted molar refractivity (Wildman–Crippen MR) is 103 cm³/mol. The largest absolute Gasteiger partial charge is 0.497 e. The Morgan fingerprint density at radius 2 is 1.92 bits per heavy atom. The molecule has 1 saturated heterocycles. The van der Waals surface area contributed by atoms with Crippen LogP contribution in [0.2, 0.25) is 0 Å². The van der Waals surface area contributed by atoms with Crippen molar-refractivity contribution in [2.24, 2.45) is 0 Å². The van der Waals surface area contributed by atoms with Gasteiger partial charge < -0.3 is 14.8 Å². The second-order valence-electron chi connectivity index (χ2n) is 6.26. The lowest BCUT2D eigenvalue weighted by molar-refractivity contribution is -0.00214. The van der Waals surface area contributed by atoms with Crippen LogP contribution in [-0.4, -0.2) is 53.2 Å². The summed E-state index contributed by atoms with van der Waals surface area (Å²) in [6, 6.07) is 8.02. The number of piperazine rings is 1. The Kier molecular flexibility index (Phi) is 7.67. The normalized spacial score (nSPS) is 19.8. The molecule has 0 amide bonds. The van der Waals surface area contributed by atoms with Gasteiger partial charge in [-0.05, 0) is 17.7 Å². The van der Waals surface area contributed by atoms with Crippen molar-refractivity contribution in [3.8, 4) is 5.75 Å². The highest BCUT2D eigenvalue weighted by atomic mass is 35.5. The predicted octanol–water partition coefficient (Wildman–Crippen LogP) is 1.81. The summed E-state index contributed by atoms with van der Waals surface area (Å²) in [5, 5.41) is 12.1. The molecular weight excluding hydrogens is 377 g/mol. The van der Waals surface area contributed by atoms with Crippen LogP contribution in [0.3, 0.4) is 0 Å². The molecule has 1 fully saturated rings. The molecule has 0 aliphatic carbocycles. The van der Waals surface area contributed by atoms with Crippen LogP contribution < -0.4 is 10.1 Å². The first-order valence-corrected chi connectivity index (χ1v) is 8.43. The molecule has 0 saturated carbocycles. The fraction of sp³-hybridized carbons (Fsp3) is 0.529. The van der Waals surface area contributed by atoms with Gasteiger partial charge in [0.2, 0.25) is 0 Å². The van der Waals surface area contributed by atoms with Crippen LogP contribution in [0.4, 0.5) is 0 Å². The first-order chi connectivity index (χ1) is 11.8. The number of benzene rings is 1. The smallest absolute Gasteiger partial charge is 0.118 e. The molecule has 1 unspecified atom stereocenters. The minimum atomic E-state index is 0. The third kappa shape index (κ3) is 4.47. The third-order valence-electron chi connectivity index (χ3n) is 4.75. The van der Waals surface area contributed by atoms with Crippen LogP contribution in [-0.2, 0) is 24.4 Å². The molecule has 0 radical (unpaired) electrons. The molecule has 2 aliphatic heterocycles. The molecule has 2 aromatic rings. The Balaban J connectivity index is 0.00000121. The lowest BCUT2D eigenvalue weighted by Gasteiger charge is -2.28.